The molecule has 2 aromatic rings. The summed E-state index contributed by atoms with van der Waals surface area (Å²) in [7, 11) is 0. The molecular formula is C16H21ClN4O3S. The molecule has 1 fully saturated rings. The van der Waals surface area contributed by atoms with E-state index in [1.54, 1.807) is 6.92 Å². The first-order valence-corrected chi connectivity index (χ1v) is 8.79. The number of nitrogens with zero attached hydrogens (tertiary/aromatic N) is 2. The van der Waals surface area contributed by atoms with Crippen molar-refractivity contribution >= 4 is 29.7 Å². The van der Waals surface area contributed by atoms with Crippen molar-refractivity contribution in [3.63, 3.8) is 0 Å². The molecule has 0 bridgehead atoms. The maximum Gasteiger partial charge on any atom is 0.349 e. The second kappa shape index (κ2) is 8.55. The lowest BCUT2D eigenvalue weighted by molar-refractivity contribution is 0.0945. The van der Waals surface area contributed by atoms with Crippen LogP contribution in [-0.2, 0) is 6.54 Å². The molecule has 0 aromatic carbocycles. The van der Waals surface area contributed by atoms with Crippen LogP contribution in [-0.4, -0.2) is 29.2 Å². The molecule has 9 heteroatoms. The van der Waals surface area contributed by atoms with Gasteiger partial charge in [0, 0.05) is 12.5 Å². The van der Waals surface area contributed by atoms with E-state index in [1.807, 2.05) is 13.0 Å². The summed E-state index contributed by atoms with van der Waals surface area (Å²) < 4.78 is 5.42. The van der Waals surface area contributed by atoms with E-state index in [9.17, 15) is 9.59 Å². The van der Waals surface area contributed by atoms with Gasteiger partial charge in [0.25, 0.3) is 5.91 Å². The number of aryl methyl sites for hydroxylation is 2. The Hall–Kier alpha value is -1.77. The lowest BCUT2D eigenvalue weighted by Crippen LogP contribution is -2.31. The minimum atomic E-state index is -0.582. The number of amides is 1. The number of piperidine rings is 1. The van der Waals surface area contributed by atoms with Gasteiger partial charge in [0.1, 0.15) is 21.3 Å². The maximum absolute atomic E-state index is 12.3. The molecule has 2 N–H and O–H groups in total. The molecule has 136 valence electrons. The van der Waals surface area contributed by atoms with Crippen molar-refractivity contribution in [1.82, 2.24) is 20.8 Å². The lowest BCUT2D eigenvalue weighted by atomic mass is 9.95. The maximum atomic E-state index is 12.3. The van der Waals surface area contributed by atoms with Crippen LogP contribution in [0.5, 0.6) is 0 Å². The third-order valence-corrected chi connectivity index (χ3v) is 4.90. The predicted octanol–water partition coefficient (Wildman–Crippen LogP) is 1.93. The van der Waals surface area contributed by atoms with E-state index in [4.69, 9.17) is 4.42 Å². The Morgan fingerprint density at radius 3 is 2.84 bits per heavy atom. The van der Waals surface area contributed by atoms with E-state index >= 15 is 0 Å². The van der Waals surface area contributed by atoms with Gasteiger partial charge in [-0.05, 0) is 44.9 Å². The van der Waals surface area contributed by atoms with Gasteiger partial charge < -0.3 is 15.1 Å². The normalized spacial score (nSPS) is 17.0. The van der Waals surface area contributed by atoms with Crippen molar-refractivity contribution in [3.05, 3.63) is 43.4 Å². The second-order valence-electron chi connectivity index (χ2n) is 5.94. The lowest BCUT2D eigenvalue weighted by Gasteiger charge is -2.22. The molecule has 1 atom stereocenters. The summed E-state index contributed by atoms with van der Waals surface area (Å²) in [5, 5.41) is 15.4. The third kappa shape index (κ3) is 4.65. The van der Waals surface area contributed by atoms with Crippen LogP contribution in [0.25, 0.3) is 0 Å². The first-order valence-electron chi connectivity index (χ1n) is 7.97. The zero-order valence-corrected chi connectivity index (χ0v) is 15.8. The largest absolute Gasteiger partial charge is 0.427 e. The fourth-order valence-electron chi connectivity index (χ4n) is 2.85. The molecule has 0 radical (unpaired) electrons. The zero-order chi connectivity index (χ0) is 17.1. The van der Waals surface area contributed by atoms with Gasteiger partial charge in [0.2, 0.25) is 0 Å². The number of halogens is 1. The van der Waals surface area contributed by atoms with Crippen LogP contribution in [0, 0.1) is 13.8 Å². The van der Waals surface area contributed by atoms with Crippen LogP contribution in [0.2, 0.25) is 0 Å². The average Bonchev–Trinajstić information content (AvgIpc) is 2.98. The van der Waals surface area contributed by atoms with E-state index in [2.05, 4.69) is 20.8 Å². The Labute approximate surface area is 155 Å². The summed E-state index contributed by atoms with van der Waals surface area (Å²) in [6.07, 6.45) is 2.04. The Bertz CT molecular complexity index is 799. The topological polar surface area (TPSA) is 97.1 Å². The van der Waals surface area contributed by atoms with Crippen molar-refractivity contribution < 1.29 is 9.21 Å². The summed E-state index contributed by atoms with van der Waals surface area (Å²) >= 11 is 1.41. The number of carbonyl (C=O) groups is 1. The van der Waals surface area contributed by atoms with Crippen LogP contribution in [0.3, 0.4) is 0 Å². The monoisotopic (exact) mass is 384 g/mol. The van der Waals surface area contributed by atoms with Gasteiger partial charge >= 0.3 is 5.63 Å². The molecule has 0 spiro atoms. The van der Waals surface area contributed by atoms with Crippen molar-refractivity contribution in [3.8, 4) is 0 Å². The van der Waals surface area contributed by atoms with Gasteiger partial charge in [-0.15, -0.1) is 22.6 Å². The Kier molecular flexibility index (Phi) is 6.69. The summed E-state index contributed by atoms with van der Waals surface area (Å²) in [6, 6.07) is 1.81. The average molecular weight is 385 g/mol. The van der Waals surface area contributed by atoms with Gasteiger partial charge in [0.15, 0.2) is 0 Å². The van der Waals surface area contributed by atoms with Gasteiger partial charge in [-0.2, -0.15) is 0 Å². The molecular weight excluding hydrogens is 364 g/mol. The van der Waals surface area contributed by atoms with Gasteiger partial charge in [0.05, 0.1) is 6.54 Å². The van der Waals surface area contributed by atoms with Crippen LogP contribution >= 0.6 is 23.7 Å². The molecule has 1 unspecified atom stereocenters. The molecule has 0 saturated carbocycles. The number of nitrogens with one attached hydrogen (secondary N) is 2. The highest BCUT2D eigenvalue weighted by atomic mass is 35.5. The van der Waals surface area contributed by atoms with E-state index in [1.165, 1.54) is 11.3 Å². The Morgan fingerprint density at radius 1 is 1.44 bits per heavy atom. The molecule has 7 nitrogen and oxygen atoms in total. The van der Waals surface area contributed by atoms with Crippen LogP contribution in [0.15, 0.2) is 15.3 Å². The standard InChI is InChI=1S/C16H20N4O3S.ClH/c1-9-6-12(11-4-3-5-17-7-11)23-16(22)14(9)15(21)18-8-13-20-19-10(2)24-13;/h6,11,17H,3-5,7-8H2,1-2H3,(H,18,21);1H. The second-order valence-corrected chi connectivity index (χ2v) is 7.20. The molecule has 1 saturated heterocycles. The van der Waals surface area contributed by atoms with Crippen molar-refractivity contribution in [2.45, 2.75) is 39.2 Å². The molecule has 0 aliphatic carbocycles. The van der Waals surface area contributed by atoms with Gasteiger partial charge in [-0.1, -0.05) is 11.3 Å². The fourth-order valence-corrected chi connectivity index (χ4v) is 3.50. The molecule has 25 heavy (non-hydrogen) atoms. The molecule has 1 amide bonds. The number of rotatable bonds is 4. The van der Waals surface area contributed by atoms with E-state index < -0.39 is 11.5 Å². The number of hydrogen-bond donors (Lipinski definition) is 2. The zero-order valence-electron chi connectivity index (χ0n) is 14.1. The Morgan fingerprint density at radius 2 is 2.24 bits per heavy atom. The number of hydrogen-bond acceptors (Lipinski definition) is 7. The van der Waals surface area contributed by atoms with Crippen LogP contribution in [0.1, 0.15) is 50.5 Å². The van der Waals surface area contributed by atoms with E-state index in [-0.39, 0.29) is 30.4 Å². The smallest absolute Gasteiger partial charge is 0.349 e. The predicted molar refractivity (Wildman–Crippen MR) is 97.6 cm³/mol. The Balaban J connectivity index is 0.00000225. The minimum absolute atomic E-state index is 0. The highest BCUT2D eigenvalue weighted by Gasteiger charge is 2.22. The fraction of sp³-hybridized carbons (Fsp3) is 0.500. The van der Waals surface area contributed by atoms with Crippen molar-refractivity contribution in [2.24, 2.45) is 0 Å². The van der Waals surface area contributed by atoms with Gasteiger partial charge in [-0.25, -0.2) is 4.79 Å². The summed E-state index contributed by atoms with van der Waals surface area (Å²) in [6.45, 7) is 5.65. The summed E-state index contributed by atoms with van der Waals surface area (Å²) in [4.78, 5) is 24.6. The first kappa shape index (κ1) is 19.6. The molecule has 1 aliphatic heterocycles. The summed E-state index contributed by atoms with van der Waals surface area (Å²) in [5.41, 5.74) is 0.114. The first-order chi connectivity index (χ1) is 11.5. The van der Waals surface area contributed by atoms with Crippen molar-refractivity contribution in [1.29, 1.82) is 0 Å². The number of carbonyl (C=O) groups excluding carboxylic acids is 1. The van der Waals surface area contributed by atoms with Gasteiger partial charge in [-0.3, -0.25) is 4.79 Å². The summed E-state index contributed by atoms with van der Waals surface area (Å²) in [5.74, 6) is 0.398. The quantitative estimate of drug-likeness (QED) is 0.835. The molecule has 3 heterocycles. The molecule has 1 aliphatic rings. The third-order valence-electron chi connectivity index (χ3n) is 4.06. The van der Waals surface area contributed by atoms with E-state index in [0.29, 0.717) is 16.3 Å². The number of aromatic nitrogens is 2. The molecule has 3 rings (SSSR count). The van der Waals surface area contributed by atoms with Crippen molar-refractivity contribution in [2.75, 3.05) is 13.1 Å². The van der Waals surface area contributed by atoms with E-state index in [0.717, 1.165) is 30.9 Å². The SMILES string of the molecule is Cc1nnc(CNC(=O)c2c(C)cc(C3CCCNC3)oc2=O)s1.Cl. The minimum Gasteiger partial charge on any atom is -0.427 e. The van der Waals surface area contributed by atoms with Crippen LogP contribution in [0.4, 0.5) is 0 Å². The molecule has 2 aromatic heterocycles. The highest BCUT2D eigenvalue weighted by Crippen LogP contribution is 2.23. The van der Waals surface area contributed by atoms with Crippen LogP contribution < -0.4 is 16.3 Å². The highest BCUT2D eigenvalue weighted by molar-refractivity contribution is 7.11.